The van der Waals surface area contributed by atoms with Crippen LogP contribution in [0.15, 0.2) is 53.2 Å². The molecule has 4 rings (SSSR count). The van der Waals surface area contributed by atoms with Crippen LogP contribution in [0.3, 0.4) is 0 Å². The molecule has 29 heavy (non-hydrogen) atoms. The van der Waals surface area contributed by atoms with E-state index < -0.39 is 27.2 Å². The van der Waals surface area contributed by atoms with Gasteiger partial charge in [-0.1, -0.05) is 23.5 Å². The Morgan fingerprint density at radius 3 is 2.52 bits per heavy atom. The Morgan fingerprint density at radius 2 is 1.86 bits per heavy atom. The first-order chi connectivity index (χ1) is 13.5. The molecule has 9 heteroatoms. The third-order valence-corrected chi connectivity index (χ3v) is 6.53. The summed E-state index contributed by atoms with van der Waals surface area (Å²) in [7, 11) is -3.34. The van der Waals surface area contributed by atoms with Gasteiger partial charge in [-0.05, 0) is 37.6 Å². The second-order valence-corrected chi connectivity index (χ2v) is 10.2. The van der Waals surface area contributed by atoms with Crippen LogP contribution in [0.1, 0.15) is 19.4 Å². The van der Waals surface area contributed by atoms with E-state index in [2.05, 4.69) is 4.98 Å². The summed E-state index contributed by atoms with van der Waals surface area (Å²) in [5, 5.41) is 0.369. The van der Waals surface area contributed by atoms with E-state index in [4.69, 9.17) is 9.47 Å². The quantitative estimate of drug-likeness (QED) is 0.579. The van der Waals surface area contributed by atoms with Crippen LogP contribution < -0.4 is 4.74 Å². The third kappa shape index (κ3) is 3.63. The van der Waals surface area contributed by atoms with Crippen molar-refractivity contribution in [2.45, 2.75) is 24.3 Å². The number of ether oxygens (including phenoxy) is 2. The average molecular weight is 433 g/mol. The third-order valence-electron chi connectivity index (χ3n) is 4.45. The molecule has 0 amide bonds. The van der Waals surface area contributed by atoms with Crippen LogP contribution in [0.5, 0.6) is 5.06 Å². The number of hydrogen-bond donors (Lipinski definition) is 0. The van der Waals surface area contributed by atoms with E-state index in [0.717, 1.165) is 23.8 Å². The predicted octanol–water partition coefficient (Wildman–Crippen LogP) is 3.96. The molecule has 6 nitrogen and oxygen atoms in total. The fraction of sp³-hybridized carbons (Fsp3) is 0.200. The van der Waals surface area contributed by atoms with E-state index in [1.807, 2.05) is 0 Å². The van der Waals surface area contributed by atoms with Crippen LogP contribution in [0.2, 0.25) is 0 Å². The van der Waals surface area contributed by atoms with E-state index in [1.54, 1.807) is 32.0 Å². The minimum absolute atomic E-state index is 0.00846. The Morgan fingerprint density at radius 1 is 1.17 bits per heavy atom. The first kappa shape index (κ1) is 19.5. The van der Waals surface area contributed by atoms with E-state index in [1.165, 1.54) is 18.2 Å². The number of hydrogen-bond acceptors (Lipinski definition) is 7. The zero-order valence-electron chi connectivity index (χ0n) is 15.7. The molecule has 150 valence electrons. The fourth-order valence-corrected chi connectivity index (χ4v) is 4.70. The number of benzene rings is 1. The van der Waals surface area contributed by atoms with Gasteiger partial charge in [-0.15, -0.1) is 0 Å². The molecule has 1 aromatic carbocycles. The van der Waals surface area contributed by atoms with Crippen molar-refractivity contribution in [3.63, 3.8) is 0 Å². The highest BCUT2D eigenvalue weighted by molar-refractivity contribution is 7.90. The smallest absolute Gasteiger partial charge is 0.375 e. The average Bonchev–Trinajstić information content (AvgIpc) is 3.11. The summed E-state index contributed by atoms with van der Waals surface area (Å²) in [5.41, 5.74) is 0.685. The molecule has 1 aliphatic heterocycles. The van der Waals surface area contributed by atoms with Gasteiger partial charge in [-0.3, -0.25) is 4.98 Å². The van der Waals surface area contributed by atoms with Crippen molar-refractivity contribution >= 4 is 42.9 Å². The molecule has 0 bridgehead atoms. The molecule has 0 radical (unpaired) electrons. The number of carbonyl (C=O) groups excluding carboxylic acids is 1. The summed E-state index contributed by atoms with van der Waals surface area (Å²) in [6.07, 6.45) is 2.24. The minimum Gasteiger partial charge on any atom is -0.449 e. The summed E-state index contributed by atoms with van der Waals surface area (Å²) in [6, 6.07) is 9.13. The van der Waals surface area contributed by atoms with Crippen LogP contribution in [-0.2, 0) is 19.4 Å². The SMILES string of the molecule is CC1(C)OC(=O)C(Oc2cc3ncc(F)cc3s2)=C1c1ccc(S(C)(=O)=O)cc1. The molecule has 0 saturated heterocycles. The van der Waals surface area contributed by atoms with Gasteiger partial charge in [-0.2, -0.15) is 0 Å². The number of aromatic nitrogens is 1. The van der Waals surface area contributed by atoms with Crippen LogP contribution in [0.4, 0.5) is 4.39 Å². The van der Waals surface area contributed by atoms with E-state index >= 15 is 0 Å². The zero-order chi connectivity index (χ0) is 21.0. The number of rotatable bonds is 4. The van der Waals surface area contributed by atoms with Gasteiger partial charge in [0.25, 0.3) is 0 Å². The highest BCUT2D eigenvalue weighted by atomic mass is 32.2. The summed E-state index contributed by atoms with van der Waals surface area (Å²) in [6.45, 7) is 3.45. The molecule has 0 fully saturated rings. The Bertz CT molecular complexity index is 1270. The molecule has 1 aliphatic rings. The van der Waals surface area contributed by atoms with Crippen LogP contribution >= 0.6 is 11.3 Å². The lowest BCUT2D eigenvalue weighted by atomic mass is 9.92. The Balaban J connectivity index is 1.79. The van der Waals surface area contributed by atoms with Crippen LogP contribution in [0.25, 0.3) is 15.8 Å². The monoisotopic (exact) mass is 433 g/mol. The Hall–Kier alpha value is -2.78. The largest absolute Gasteiger partial charge is 0.449 e. The lowest BCUT2D eigenvalue weighted by molar-refractivity contribution is -0.145. The van der Waals surface area contributed by atoms with Crippen molar-refractivity contribution in [2.75, 3.05) is 6.26 Å². The molecular weight excluding hydrogens is 417 g/mol. The van der Waals surface area contributed by atoms with Crippen molar-refractivity contribution in [3.05, 3.63) is 59.7 Å². The molecule has 2 aromatic heterocycles. The maximum atomic E-state index is 13.4. The molecule has 0 N–H and O–H groups in total. The summed E-state index contributed by atoms with van der Waals surface area (Å²) >= 11 is 1.16. The topological polar surface area (TPSA) is 82.6 Å². The molecule has 0 atom stereocenters. The van der Waals surface area contributed by atoms with Gasteiger partial charge in [0.2, 0.25) is 5.76 Å². The van der Waals surface area contributed by atoms with Gasteiger partial charge < -0.3 is 9.47 Å². The highest BCUT2D eigenvalue weighted by Gasteiger charge is 2.43. The molecule has 3 heterocycles. The highest BCUT2D eigenvalue weighted by Crippen LogP contribution is 2.42. The van der Waals surface area contributed by atoms with E-state index in [-0.39, 0.29) is 10.7 Å². The number of fused-ring (bicyclic) bond motifs is 1. The van der Waals surface area contributed by atoms with Gasteiger partial charge >= 0.3 is 5.97 Å². The van der Waals surface area contributed by atoms with Crippen molar-refractivity contribution in [2.24, 2.45) is 0 Å². The molecule has 3 aromatic rings. The summed E-state index contributed by atoms with van der Waals surface area (Å²) in [4.78, 5) is 16.7. The fourth-order valence-electron chi connectivity index (χ4n) is 3.17. The zero-order valence-corrected chi connectivity index (χ0v) is 17.4. The lowest BCUT2D eigenvalue weighted by Crippen LogP contribution is -2.22. The maximum Gasteiger partial charge on any atom is 0.375 e. The number of sulfone groups is 1. The summed E-state index contributed by atoms with van der Waals surface area (Å²) < 4.78 is 48.7. The van der Waals surface area contributed by atoms with Gasteiger partial charge in [0.05, 0.1) is 26.9 Å². The van der Waals surface area contributed by atoms with E-state index in [0.29, 0.717) is 26.4 Å². The number of esters is 1. The Labute approximate surface area is 170 Å². The Kier molecular flexibility index (Phi) is 4.47. The number of thiophene rings is 1. The van der Waals surface area contributed by atoms with Crippen molar-refractivity contribution < 1.29 is 27.1 Å². The second-order valence-electron chi connectivity index (χ2n) is 7.10. The molecule has 0 spiro atoms. The van der Waals surface area contributed by atoms with Gasteiger partial charge in [0.15, 0.2) is 14.9 Å². The maximum absolute atomic E-state index is 13.4. The number of pyridine rings is 1. The van der Waals surface area contributed by atoms with Crippen molar-refractivity contribution in [3.8, 4) is 5.06 Å². The lowest BCUT2D eigenvalue weighted by Gasteiger charge is -2.21. The predicted molar refractivity (Wildman–Crippen MR) is 107 cm³/mol. The number of nitrogens with zero attached hydrogens (tertiary/aromatic N) is 1. The first-order valence-corrected chi connectivity index (χ1v) is 11.3. The standard InChI is InChI=1S/C20H16FNO5S2/c1-20(2)17(11-4-6-13(7-5-11)29(3,24)25)18(19(23)27-20)26-16-9-14-15(28-16)8-12(21)10-22-14/h4-10H,1-3H3. The second kappa shape index (κ2) is 6.64. The summed E-state index contributed by atoms with van der Waals surface area (Å²) in [5.74, 6) is -1.08. The number of halogens is 1. The van der Waals surface area contributed by atoms with E-state index in [9.17, 15) is 17.6 Å². The normalized spacial score (nSPS) is 16.3. The number of carbonyl (C=O) groups is 1. The van der Waals surface area contributed by atoms with Crippen LogP contribution in [-0.4, -0.2) is 31.2 Å². The molecule has 0 unspecified atom stereocenters. The van der Waals surface area contributed by atoms with Crippen LogP contribution in [0, 0.1) is 5.82 Å². The molecule has 0 saturated carbocycles. The van der Waals surface area contributed by atoms with Gasteiger partial charge in [0, 0.05) is 12.3 Å². The minimum atomic E-state index is -3.34. The molecule has 0 aliphatic carbocycles. The van der Waals surface area contributed by atoms with Gasteiger partial charge in [-0.25, -0.2) is 17.6 Å². The van der Waals surface area contributed by atoms with Crippen molar-refractivity contribution in [1.82, 2.24) is 4.98 Å². The first-order valence-electron chi connectivity index (χ1n) is 8.56. The number of cyclic esters (lactones) is 1. The van der Waals surface area contributed by atoms with Gasteiger partial charge in [0.1, 0.15) is 11.4 Å². The molecular formula is C20H16FNO5S2. The van der Waals surface area contributed by atoms with Crippen molar-refractivity contribution in [1.29, 1.82) is 0 Å².